The zero-order chi connectivity index (χ0) is 19.8. The minimum Gasteiger partial charge on any atom is -0.395 e. The van der Waals surface area contributed by atoms with Gasteiger partial charge in [-0.1, -0.05) is 43.7 Å². The summed E-state index contributed by atoms with van der Waals surface area (Å²) in [6, 6.07) is 0. The van der Waals surface area contributed by atoms with Crippen LogP contribution in [0.3, 0.4) is 0 Å². The van der Waals surface area contributed by atoms with Gasteiger partial charge in [-0.05, 0) is 30.8 Å². The van der Waals surface area contributed by atoms with Crippen LogP contribution in [0.5, 0.6) is 0 Å². The minimum absolute atomic E-state index is 0.0338. The quantitative estimate of drug-likeness (QED) is 0.422. The van der Waals surface area contributed by atoms with Crippen molar-refractivity contribution < 1.29 is 9.90 Å². The standard InChI is InChI=1S/C20H29Cl2N3O2/c1-13-3-8-17(21)19(18(13)22)25-16-6-4-15(5-7-16)14(2)20(27)24-10-9-23-11-12-26/h4,6-8,13-15,18,23,26H,3,5,9-12H2,1-2H3,(H,24,27). The maximum Gasteiger partial charge on any atom is 0.223 e. The van der Waals surface area contributed by atoms with Crippen molar-refractivity contribution in [2.24, 2.45) is 22.7 Å². The van der Waals surface area contributed by atoms with Crippen LogP contribution in [0.15, 0.2) is 40.0 Å². The Morgan fingerprint density at radius 1 is 1.33 bits per heavy atom. The number of halogens is 2. The molecule has 1 amide bonds. The van der Waals surface area contributed by atoms with Crippen molar-refractivity contribution in [3.63, 3.8) is 0 Å². The molecule has 3 N–H and O–H groups in total. The average Bonchev–Trinajstić information content (AvgIpc) is 2.68. The number of aliphatic imine (C=N–C) groups is 1. The maximum absolute atomic E-state index is 12.3. The number of carbonyl (C=O) groups is 1. The van der Waals surface area contributed by atoms with E-state index in [1.807, 2.05) is 31.2 Å². The van der Waals surface area contributed by atoms with Crippen molar-refractivity contribution in [1.29, 1.82) is 0 Å². The summed E-state index contributed by atoms with van der Waals surface area (Å²) in [5, 5.41) is 15.1. The number of rotatable bonds is 8. The number of aliphatic hydroxyl groups excluding tert-OH is 1. The Kier molecular flexibility index (Phi) is 9.03. The molecule has 2 aliphatic rings. The average molecular weight is 414 g/mol. The summed E-state index contributed by atoms with van der Waals surface area (Å²) in [5.41, 5.74) is 1.57. The topological polar surface area (TPSA) is 73.7 Å². The van der Waals surface area contributed by atoms with Crippen LogP contribution in [-0.2, 0) is 4.79 Å². The van der Waals surface area contributed by atoms with E-state index in [1.54, 1.807) is 0 Å². The smallest absolute Gasteiger partial charge is 0.223 e. The van der Waals surface area contributed by atoms with E-state index in [1.165, 1.54) is 0 Å². The van der Waals surface area contributed by atoms with Gasteiger partial charge in [-0.2, -0.15) is 0 Å². The molecule has 0 heterocycles. The van der Waals surface area contributed by atoms with E-state index >= 15 is 0 Å². The first-order valence-corrected chi connectivity index (χ1v) is 10.3. The van der Waals surface area contributed by atoms with Gasteiger partial charge in [0.2, 0.25) is 5.91 Å². The molecule has 5 nitrogen and oxygen atoms in total. The number of aliphatic hydroxyl groups is 1. The zero-order valence-corrected chi connectivity index (χ0v) is 17.4. The summed E-state index contributed by atoms with van der Waals surface area (Å²) in [5.74, 6) is 0.363. The Labute approximate surface area is 171 Å². The number of nitrogens with zero attached hydrogens (tertiary/aromatic N) is 1. The molecule has 0 spiro atoms. The predicted molar refractivity (Wildman–Crippen MR) is 112 cm³/mol. The molecule has 27 heavy (non-hydrogen) atoms. The highest BCUT2D eigenvalue weighted by Crippen LogP contribution is 2.30. The third kappa shape index (κ3) is 6.46. The highest BCUT2D eigenvalue weighted by atomic mass is 35.5. The first-order chi connectivity index (χ1) is 12.9. The molecule has 7 heteroatoms. The molecule has 150 valence electrons. The Bertz CT molecular complexity index is 643. The summed E-state index contributed by atoms with van der Waals surface area (Å²) in [7, 11) is 0. The van der Waals surface area contributed by atoms with Crippen molar-refractivity contribution in [3.05, 3.63) is 35.0 Å². The third-order valence-electron chi connectivity index (χ3n) is 4.98. The summed E-state index contributed by atoms with van der Waals surface area (Å²) >= 11 is 12.8. The Morgan fingerprint density at radius 3 is 2.78 bits per heavy atom. The summed E-state index contributed by atoms with van der Waals surface area (Å²) in [6.07, 6.45) is 9.62. The fraction of sp³-hybridized carbons (Fsp3) is 0.600. The van der Waals surface area contributed by atoms with Gasteiger partial charge >= 0.3 is 0 Å². The van der Waals surface area contributed by atoms with E-state index < -0.39 is 0 Å². The van der Waals surface area contributed by atoms with Crippen LogP contribution < -0.4 is 10.6 Å². The number of amides is 1. The second-order valence-corrected chi connectivity index (χ2v) is 7.98. The summed E-state index contributed by atoms with van der Waals surface area (Å²) < 4.78 is 0. The van der Waals surface area contributed by atoms with Gasteiger partial charge in [0.15, 0.2) is 0 Å². The molecule has 2 rings (SSSR count). The lowest BCUT2D eigenvalue weighted by Crippen LogP contribution is -2.37. The molecule has 0 aromatic heterocycles. The molecule has 0 fully saturated rings. The Balaban J connectivity index is 1.88. The van der Waals surface area contributed by atoms with Crippen molar-refractivity contribution in [1.82, 2.24) is 10.6 Å². The van der Waals surface area contributed by atoms with Gasteiger partial charge in [-0.25, -0.2) is 0 Å². The molecular formula is C20H29Cl2N3O2. The minimum atomic E-state index is -0.182. The van der Waals surface area contributed by atoms with Crippen molar-refractivity contribution in [3.8, 4) is 0 Å². The normalized spacial score (nSPS) is 27.9. The van der Waals surface area contributed by atoms with Gasteiger partial charge in [-0.3, -0.25) is 9.79 Å². The van der Waals surface area contributed by atoms with Gasteiger partial charge in [0.25, 0.3) is 0 Å². The largest absolute Gasteiger partial charge is 0.395 e. The van der Waals surface area contributed by atoms with Crippen LogP contribution in [0, 0.1) is 17.8 Å². The number of carbonyl (C=O) groups excluding carboxylic acids is 1. The highest BCUT2D eigenvalue weighted by Gasteiger charge is 2.27. The van der Waals surface area contributed by atoms with E-state index in [0.29, 0.717) is 30.6 Å². The number of allylic oxidation sites excluding steroid dienone is 5. The lowest BCUT2D eigenvalue weighted by Gasteiger charge is -2.25. The number of hydrogen-bond donors (Lipinski definition) is 3. The molecule has 0 aliphatic heterocycles. The van der Waals surface area contributed by atoms with E-state index in [2.05, 4.69) is 22.5 Å². The Hall–Kier alpha value is -1.14. The molecule has 0 aromatic rings. The molecule has 4 atom stereocenters. The van der Waals surface area contributed by atoms with Gasteiger partial charge < -0.3 is 15.7 Å². The van der Waals surface area contributed by atoms with Crippen LogP contribution in [0.4, 0.5) is 0 Å². The molecule has 0 radical (unpaired) electrons. The van der Waals surface area contributed by atoms with Gasteiger partial charge in [0.05, 0.1) is 28.4 Å². The summed E-state index contributed by atoms with van der Waals surface area (Å²) in [6.45, 7) is 5.86. The van der Waals surface area contributed by atoms with Gasteiger partial charge in [-0.15, -0.1) is 11.6 Å². The van der Waals surface area contributed by atoms with Crippen LogP contribution in [-0.4, -0.2) is 48.3 Å². The van der Waals surface area contributed by atoms with E-state index in [9.17, 15) is 4.79 Å². The van der Waals surface area contributed by atoms with Gasteiger partial charge in [0.1, 0.15) is 0 Å². The van der Waals surface area contributed by atoms with E-state index in [0.717, 1.165) is 24.3 Å². The molecule has 2 aliphatic carbocycles. The molecule has 4 unspecified atom stereocenters. The van der Waals surface area contributed by atoms with Gasteiger partial charge in [0, 0.05) is 25.6 Å². The SMILES string of the molecule is CC1CC=C(Cl)C(=NC2=CCC(C(C)C(=O)NCCNCCO)C=C2)C1Cl. The van der Waals surface area contributed by atoms with Crippen molar-refractivity contribution in [2.75, 3.05) is 26.2 Å². The third-order valence-corrected chi connectivity index (χ3v) is 5.97. The fourth-order valence-corrected chi connectivity index (χ4v) is 3.66. The number of hydrogen-bond acceptors (Lipinski definition) is 4. The van der Waals surface area contributed by atoms with Crippen LogP contribution >= 0.6 is 23.2 Å². The zero-order valence-electron chi connectivity index (χ0n) is 15.9. The Morgan fingerprint density at radius 2 is 2.11 bits per heavy atom. The molecule has 0 saturated carbocycles. The fourth-order valence-electron chi connectivity index (χ4n) is 3.08. The second kappa shape index (κ2) is 11.0. The predicted octanol–water partition coefficient (Wildman–Crippen LogP) is 2.99. The monoisotopic (exact) mass is 413 g/mol. The number of alkyl halides is 1. The lowest BCUT2D eigenvalue weighted by atomic mass is 9.87. The van der Waals surface area contributed by atoms with Crippen LogP contribution in [0.25, 0.3) is 0 Å². The van der Waals surface area contributed by atoms with Crippen molar-refractivity contribution >= 4 is 34.8 Å². The molecule has 0 saturated heterocycles. The molecule has 0 bridgehead atoms. The molecule has 0 aromatic carbocycles. The van der Waals surface area contributed by atoms with Crippen LogP contribution in [0.2, 0.25) is 0 Å². The lowest BCUT2D eigenvalue weighted by molar-refractivity contribution is -0.125. The highest BCUT2D eigenvalue weighted by molar-refractivity contribution is 6.50. The van der Waals surface area contributed by atoms with E-state index in [-0.39, 0.29) is 29.7 Å². The first-order valence-electron chi connectivity index (χ1n) is 9.50. The maximum atomic E-state index is 12.3. The van der Waals surface area contributed by atoms with Crippen LogP contribution in [0.1, 0.15) is 26.7 Å². The van der Waals surface area contributed by atoms with E-state index in [4.69, 9.17) is 28.3 Å². The molecular weight excluding hydrogens is 385 g/mol. The number of nitrogens with one attached hydrogen (secondary N) is 2. The second-order valence-electron chi connectivity index (χ2n) is 7.10. The van der Waals surface area contributed by atoms with Crippen molar-refractivity contribution in [2.45, 2.75) is 32.1 Å². The first kappa shape index (κ1) is 22.2. The summed E-state index contributed by atoms with van der Waals surface area (Å²) in [4.78, 5) is 16.9.